The van der Waals surface area contributed by atoms with E-state index in [1.165, 1.54) is 17.9 Å². The lowest BCUT2D eigenvalue weighted by atomic mass is 10.1. The van der Waals surface area contributed by atoms with Gasteiger partial charge in [-0.1, -0.05) is 12.1 Å². The van der Waals surface area contributed by atoms with Crippen LogP contribution < -0.4 is 10.2 Å². The number of anilines is 2. The molecule has 134 valence electrons. The van der Waals surface area contributed by atoms with Gasteiger partial charge in [-0.2, -0.15) is 0 Å². The minimum atomic E-state index is -1.06. The third kappa shape index (κ3) is 3.61. The predicted molar refractivity (Wildman–Crippen MR) is 91.9 cm³/mol. The van der Waals surface area contributed by atoms with Crippen LogP contribution in [0.25, 0.3) is 0 Å². The maximum absolute atomic E-state index is 13.2. The Hall–Kier alpha value is -3.09. The molecule has 2 amide bonds. The standard InChI is InChI=1S/C19H16F2N2O3/c1-11(24)12-3-2-4-15(7-12)23-10-13(8-18(23)25)19(26)22-14-5-6-16(20)17(21)9-14/h2-7,9,13H,8,10H2,1H3,(H,22,26). The van der Waals surface area contributed by atoms with Crippen molar-refractivity contribution >= 4 is 29.0 Å². The number of halogens is 2. The summed E-state index contributed by atoms with van der Waals surface area (Å²) >= 11 is 0. The predicted octanol–water partition coefficient (Wildman–Crippen LogP) is 3.16. The highest BCUT2D eigenvalue weighted by Gasteiger charge is 2.35. The molecule has 1 atom stereocenters. The topological polar surface area (TPSA) is 66.5 Å². The molecule has 7 heteroatoms. The van der Waals surface area contributed by atoms with Crippen molar-refractivity contribution in [1.82, 2.24) is 0 Å². The first-order chi connectivity index (χ1) is 12.3. The number of hydrogen-bond donors (Lipinski definition) is 1. The third-order valence-corrected chi connectivity index (χ3v) is 4.25. The molecule has 2 aromatic carbocycles. The van der Waals surface area contributed by atoms with Crippen LogP contribution in [0.3, 0.4) is 0 Å². The smallest absolute Gasteiger partial charge is 0.229 e. The summed E-state index contributed by atoms with van der Waals surface area (Å²) in [6.45, 7) is 1.58. The molecule has 26 heavy (non-hydrogen) atoms. The summed E-state index contributed by atoms with van der Waals surface area (Å²) in [4.78, 5) is 37.6. The van der Waals surface area contributed by atoms with Gasteiger partial charge in [0.2, 0.25) is 11.8 Å². The van der Waals surface area contributed by atoms with Crippen molar-refractivity contribution in [2.24, 2.45) is 5.92 Å². The fourth-order valence-electron chi connectivity index (χ4n) is 2.84. The summed E-state index contributed by atoms with van der Waals surface area (Å²) in [6, 6.07) is 9.69. The van der Waals surface area contributed by atoms with Crippen molar-refractivity contribution in [3.05, 3.63) is 59.7 Å². The van der Waals surface area contributed by atoms with Crippen LogP contribution in [0.2, 0.25) is 0 Å². The van der Waals surface area contributed by atoms with Gasteiger partial charge in [-0.3, -0.25) is 14.4 Å². The second-order valence-electron chi connectivity index (χ2n) is 6.13. The summed E-state index contributed by atoms with van der Waals surface area (Å²) in [6.07, 6.45) is -0.000189. The number of Topliss-reactive ketones (excluding diaryl/α,β-unsaturated/α-hetero) is 1. The molecule has 0 aromatic heterocycles. The summed E-state index contributed by atoms with van der Waals surface area (Å²) < 4.78 is 26.2. The summed E-state index contributed by atoms with van der Waals surface area (Å²) in [7, 11) is 0. The van der Waals surface area contributed by atoms with E-state index in [2.05, 4.69) is 5.32 Å². The zero-order valence-electron chi connectivity index (χ0n) is 14.0. The van der Waals surface area contributed by atoms with Gasteiger partial charge in [0, 0.05) is 36.0 Å². The molecule has 0 aliphatic carbocycles. The second-order valence-corrected chi connectivity index (χ2v) is 6.13. The number of carbonyl (C=O) groups is 3. The molecule has 1 fully saturated rings. The van der Waals surface area contributed by atoms with E-state index in [0.29, 0.717) is 11.3 Å². The molecule has 0 saturated carbocycles. The van der Waals surface area contributed by atoms with Gasteiger partial charge in [0.05, 0.1) is 5.92 Å². The number of nitrogens with one attached hydrogen (secondary N) is 1. The van der Waals surface area contributed by atoms with Crippen LogP contribution in [0.1, 0.15) is 23.7 Å². The van der Waals surface area contributed by atoms with Gasteiger partial charge >= 0.3 is 0 Å². The Kier molecular flexibility index (Phi) is 4.79. The minimum Gasteiger partial charge on any atom is -0.326 e. The lowest BCUT2D eigenvalue weighted by Crippen LogP contribution is -2.28. The van der Waals surface area contributed by atoms with Crippen molar-refractivity contribution in [1.29, 1.82) is 0 Å². The number of rotatable bonds is 4. The molecule has 2 aromatic rings. The lowest BCUT2D eigenvalue weighted by Gasteiger charge is -2.17. The average molecular weight is 358 g/mol. The quantitative estimate of drug-likeness (QED) is 0.854. The number of ketones is 1. The van der Waals surface area contributed by atoms with Crippen molar-refractivity contribution in [3.8, 4) is 0 Å². The van der Waals surface area contributed by atoms with Gasteiger partial charge in [0.15, 0.2) is 17.4 Å². The van der Waals surface area contributed by atoms with Crippen LogP contribution in [0.4, 0.5) is 20.2 Å². The first-order valence-electron chi connectivity index (χ1n) is 8.02. The molecular formula is C19H16F2N2O3. The van der Waals surface area contributed by atoms with Gasteiger partial charge in [-0.15, -0.1) is 0 Å². The molecule has 0 spiro atoms. The first-order valence-corrected chi connectivity index (χ1v) is 8.02. The zero-order chi connectivity index (χ0) is 18.8. The number of nitrogens with zero attached hydrogens (tertiary/aromatic N) is 1. The van der Waals surface area contributed by atoms with E-state index in [0.717, 1.165) is 12.1 Å². The first kappa shape index (κ1) is 17.7. The van der Waals surface area contributed by atoms with Gasteiger partial charge < -0.3 is 10.2 Å². The molecule has 5 nitrogen and oxygen atoms in total. The van der Waals surface area contributed by atoms with Crippen molar-refractivity contribution in [2.45, 2.75) is 13.3 Å². The van der Waals surface area contributed by atoms with Gasteiger partial charge in [0.25, 0.3) is 0 Å². The maximum Gasteiger partial charge on any atom is 0.229 e. The molecule has 1 N–H and O–H groups in total. The molecule has 0 radical (unpaired) electrons. The van der Waals surface area contributed by atoms with Crippen LogP contribution in [0.5, 0.6) is 0 Å². The number of amides is 2. The van der Waals surface area contributed by atoms with Crippen molar-refractivity contribution in [2.75, 3.05) is 16.8 Å². The number of carbonyl (C=O) groups excluding carboxylic acids is 3. The van der Waals surface area contributed by atoms with Crippen LogP contribution in [-0.4, -0.2) is 24.1 Å². The molecule has 1 heterocycles. The van der Waals surface area contributed by atoms with E-state index in [1.54, 1.807) is 24.3 Å². The molecule has 1 saturated heterocycles. The third-order valence-electron chi connectivity index (χ3n) is 4.25. The molecule has 1 unspecified atom stereocenters. The van der Waals surface area contributed by atoms with Gasteiger partial charge in [-0.25, -0.2) is 8.78 Å². The van der Waals surface area contributed by atoms with E-state index >= 15 is 0 Å². The molecular weight excluding hydrogens is 342 g/mol. The Morgan fingerprint density at radius 2 is 1.88 bits per heavy atom. The van der Waals surface area contributed by atoms with E-state index in [-0.39, 0.29) is 30.3 Å². The maximum atomic E-state index is 13.2. The van der Waals surface area contributed by atoms with Crippen LogP contribution >= 0.6 is 0 Å². The van der Waals surface area contributed by atoms with Crippen LogP contribution in [-0.2, 0) is 9.59 Å². The highest BCUT2D eigenvalue weighted by atomic mass is 19.2. The van der Waals surface area contributed by atoms with E-state index in [9.17, 15) is 23.2 Å². The molecule has 1 aliphatic rings. The largest absolute Gasteiger partial charge is 0.326 e. The van der Waals surface area contributed by atoms with Crippen LogP contribution in [0.15, 0.2) is 42.5 Å². The Morgan fingerprint density at radius 1 is 1.12 bits per heavy atom. The lowest BCUT2D eigenvalue weighted by molar-refractivity contribution is -0.122. The van der Waals surface area contributed by atoms with E-state index in [4.69, 9.17) is 0 Å². The van der Waals surface area contributed by atoms with Gasteiger partial charge in [-0.05, 0) is 31.2 Å². The highest BCUT2D eigenvalue weighted by Crippen LogP contribution is 2.27. The van der Waals surface area contributed by atoms with Crippen molar-refractivity contribution < 1.29 is 23.2 Å². The fraction of sp³-hybridized carbons (Fsp3) is 0.211. The zero-order valence-corrected chi connectivity index (χ0v) is 14.0. The summed E-state index contributed by atoms with van der Waals surface area (Å²) in [5, 5.41) is 2.50. The number of hydrogen-bond acceptors (Lipinski definition) is 3. The normalized spacial score (nSPS) is 16.7. The Balaban J connectivity index is 1.72. The molecule has 3 rings (SSSR count). The molecule has 0 bridgehead atoms. The van der Waals surface area contributed by atoms with Crippen LogP contribution in [0, 0.1) is 17.6 Å². The Labute approximate surface area is 148 Å². The monoisotopic (exact) mass is 358 g/mol. The Morgan fingerprint density at radius 3 is 2.58 bits per heavy atom. The highest BCUT2D eigenvalue weighted by molar-refractivity contribution is 6.04. The summed E-state index contributed by atoms with van der Waals surface area (Å²) in [5.74, 6) is -3.50. The number of benzene rings is 2. The minimum absolute atomic E-state index is 0.000189. The van der Waals surface area contributed by atoms with E-state index in [1.807, 2.05) is 0 Å². The fourth-order valence-corrected chi connectivity index (χ4v) is 2.84. The average Bonchev–Trinajstić information content (AvgIpc) is 3.00. The summed E-state index contributed by atoms with van der Waals surface area (Å²) in [5.41, 5.74) is 1.15. The van der Waals surface area contributed by atoms with Crippen molar-refractivity contribution in [3.63, 3.8) is 0 Å². The van der Waals surface area contributed by atoms with E-state index < -0.39 is 23.5 Å². The second kappa shape index (κ2) is 7.03. The molecule has 1 aliphatic heterocycles. The van der Waals surface area contributed by atoms with Gasteiger partial charge in [0.1, 0.15) is 0 Å². The Bertz CT molecular complexity index is 898. The SMILES string of the molecule is CC(=O)c1cccc(N2CC(C(=O)Nc3ccc(F)c(F)c3)CC2=O)c1.